The average molecular weight is 404 g/mol. The van der Waals surface area contributed by atoms with Crippen LogP contribution in [-0.4, -0.2) is 43.0 Å². The van der Waals surface area contributed by atoms with E-state index in [-0.39, 0.29) is 5.91 Å². The number of hydrogen-bond donors (Lipinski definition) is 0. The van der Waals surface area contributed by atoms with Crippen molar-refractivity contribution in [1.29, 1.82) is 0 Å². The predicted molar refractivity (Wildman–Crippen MR) is 118 cm³/mol. The minimum atomic E-state index is 0.242. The molecule has 1 aliphatic carbocycles. The van der Waals surface area contributed by atoms with Crippen molar-refractivity contribution >= 4 is 22.9 Å². The fraction of sp³-hybridized carbons (Fsp3) is 0.458. The van der Waals surface area contributed by atoms with E-state index in [2.05, 4.69) is 62.3 Å². The highest BCUT2D eigenvalue weighted by Crippen LogP contribution is 2.35. The van der Waals surface area contributed by atoms with E-state index in [9.17, 15) is 4.79 Å². The maximum Gasteiger partial charge on any atom is 0.224 e. The fourth-order valence-corrected chi connectivity index (χ4v) is 4.99. The lowest BCUT2D eigenvalue weighted by Gasteiger charge is -2.38. The first-order valence-electron chi connectivity index (χ1n) is 11.1. The third-order valence-electron chi connectivity index (χ3n) is 6.78. The number of allylic oxidation sites excluding steroid dienone is 1. The molecule has 1 saturated heterocycles. The van der Waals surface area contributed by atoms with Crippen molar-refractivity contribution in [2.24, 2.45) is 5.92 Å². The van der Waals surface area contributed by atoms with Crippen LogP contribution in [0.25, 0.3) is 17.0 Å². The molecule has 156 valence electrons. The summed E-state index contributed by atoms with van der Waals surface area (Å²) in [6.45, 7) is 6.73. The Hall–Kier alpha value is -2.89. The largest absolute Gasteiger partial charge is 0.342 e. The van der Waals surface area contributed by atoms with Gasteiger partial charge in [-0.25, -0.2) is 4.98 Å². The predicted octanol–water partition coefficient (Wildman–Crippen LogP) is 3.86. The number of nitrogens with zero attached hydrogens (tertiary/aromatic N) is 5. The van der Waals surface area contributed by atoms with Crippen molar-refractivity contribution in [3.05, 3.63) is 54.0 Å². The van der Waals surface area contributed by atoms with Gasteiger partial charge in [0.05, 0.1) is 17.3 Å². The van der Waals surface area contributed by atoms with Crippen LogP contribution in [-0.2, 0) is 24.2 Å². The molecule has 5 rings (SSSR count). The number of carbonyl (C=O) groups excluding carboxylic acids is 1. The van der Waals surface area contributed by atoms with Gasteiger partial charge < -0.3 is 14.0 Å². The van der Waals surface area contributed by atoms with E-state index in [1.54, 1.807) is 0 Å². The summed E-state index contributed by atoms with van der Waals surface area (Å²) >= 11 is 0. The van der Waals surface area contributed by atoms with Crippen LogP contribution in [0.15, 0.2) is 36.9 Å². The summed E-state index contributed by atoms with van der Waals surface area (Å²) in [6.07, 6.45) is 15.7. The number of carbonyl (C=O) groups is 1. The number of hydrogen-bond acceptors (Lipinski definition) is 3. The van der Waals surface area contributed by atoms with Crippen molar-refractivity contribution < 1.29 is 4.79 Å². The van der Waals surface area contributed by atoms with Crippen LogP contribution in [0.1, 0.15) is 49.8 Å². The second kappa shape index (κ2) is 7.74. The number of pyridine rings is 1. The van der Waals surface area contributed by atoms with Crippen LogP contribution in [0.2, 0.25) is 0 Å². The van der Waals surface area contributed by atoms with Gasteiger partial charge in [0.25, 0.3) is 0 Å². The average Bonchev–Trinajstić information content (AvgIpc) is 3.50. The number of rotatable bonds is 5. The van der Waals surface area contributed by atoms with Crippen LogP contribution in [0.5, 0.6) is 0 Å². The highest BCUT2D eigenvalue weighted by Gasteiger charge is 2.31. The van der Waals surface area contributed by atoms with Crippen molar-refractivity contribution in [2.45, 2.75) is 52.1 Å². The van der Waals surface area contributed by atoms with Crippen LogP contribution >= 0.6 is 0 Å². The molecule has 0 aromatic carbocycles. The smallest absolute Gasteiger partial charge is 0.224 e. The number of aryl methyl sites for hydroxylation is 2. The van der Waals surface area contributed by atoms with E-state index in [0.717, 1.165) is 43.9 Å². The summed E-state index contributed by atoms with van der Waals surface area (Å²) in [5.41, 5.74) is 3.68. The van der Waals surface area contributed by atoms with Crippen LogP contribution < -0.4 is 0 Å². The van der Waals surface area contributed by atoms with Crippen molar-refractivity contribution in [3.8, 4) is 0 Å². The third kappa shape index (κ3) is 3.24. The Balaban J connectivity index is 1.36. The number of likely N-dealkylation sites (tertiary alicyclic amines) is 1. The molecule has 3 aromatic rings. The quantitative estimate of drug-likeness (QED) is 0.650. The Bertz CT molecular complexity index is 1110. The van der Waals surface area contributed by atoms with E-state index >= 15 is 0 Å². The zero-order chi connectivity index (χ0) is 20.7. The molecule has 2 aliphatic rings. The lowest BCUT2D eigenvalue weighted by molar-refractivity contribution is -0.133. The first-order chi connectivity index (χ1) is 14.7. The van der Waals surface area contributed by atoms with Gasteiger partial charge in [-0.2, -0.15) is 0 Å². The molecule has 30 heavy (non-hydrogen) atoms. The molecular formula is C24H29N5O. The lowest BCUT2D eigenvalue weighted by atomic mass is 9.92. The Morgan fingerprint density at radius 1 is 1.27 bits per heavy atom. The van der Waals surface area contributed by atoms with E-state index in [1.165, 1.54) is 16.5 Å². The molecule has 0 N–H and O–H groups in total. The van der Waals surface area contributed by atoms with Gasteiger partial charge in [-0.1, -0.05) is 26.0 Å². The Labute approximate surface area is 177 Å². The second-order valence-electron chi connectivity index (χ2n) is 8.57. The summed E-state index contributed by atoms with van der Waals surface area (Å²) in [6, 6.07) is 2.45. The Kier molecular flexibility index (Phi) is 4.93. The summed E-state index contributed by atoms with van der Waals surface area (Å²) in [7, 11) is 0. The maximum absolute atomic E-state index is 13.0. The van der Waals surface area contributed by atoms with Gasteiger partial charge in [-0.05, 0) is 18.4 Å². The third-order valence-corrected chi connectivity index (χ3v) is 6.78. The van der Waals surface area contributed by atoms with Gasteiger partial charge in [0.1, 0.15) is 5.82 Å². The maximum atomic E-state index is 13.0. The number of piperidine rings is 1. The Morgan fingerprint density at radius 3 is 3.03 bits per heavy atom. The van der Waals surface area contributed by atoms with E-state index in [4.69, 9.17) is 0 Å². The highest BCUT2D eigenvalue weighted by molar-refractivity contribution is 5.90. The zero-order valence-corrected chi connectivity index (χ0v) is 17.8. The molecule has 0 unspecified atom stereocenters. The standard InChI is InChI=1S/C24H29N5O/c1-3-22-25-10-14-27(22)12-9-23(30)28-11-7-17(2)21(16-28)29-13-8-18-15-26-20-6-4-5-19(20)24(18)29/h4-5,8,10,13-15,17,21H,3,6-7,9,11-12,16H2,1-2H3/t17-,21+/m1/s1. The van der Waals surface area contributed by atoms with E-state index in [1.807, 2.05) is 18.6 Å². The SMILES string of the molecule is CCc1nccn1CCC(=O)N1CC[C@@H](C)[C@@H](n2ccc3cnc4c(c32)C=CC4)C1. The molecule has 1 fully saturated rings. The summed E-state index contributed by atoms with van der Waals surface area (Å²) in [4.78, 5) is 24.1. The topological polar surface area (TPSA) is 56.0 Å². The second-order valence-corrected chi connectivity index (χ2v) is 8.57. The van der Waals surface area contributed by atoms with Crippen molar-refractivity contribution in [1.82, 2.24) is 24.0 Å². The van der Waals surface area contributed by atoms with Crippen LogP contribution in [0.4, 0.5) is 0 Å². The van der Waals surface area contributed by atoms with Crippen molar-refractivity contribution in [3.63, 3.8) is 0 Å². The molecule has 6 heteroatoms. The van der Waals surface area contributed by atoms with Gasteiger partial charge >= 0.3 is 0 Å². The van der Waals surface area contributed by atoms with Gasteiger partial charge in [0.15, 0.2) is 0 Å². The van der Waals surface area contributed by atoms with Crippen LogP contribution in [0.3, 0.4) is 0 Å². The minimum Gasteiger partial charge on any atom is -0.342 e. The molecule has 3 aromatic heterocycles. The molecule has 6 nitrogen and oxygen atoms in total. The molecule has 1 amide bonds. The van der Waals surface area contributed by atoms with E-state index in [0.29, 0.717) is 24.9 Å². The molecule has 0 bridgehead atoms. The van der Waals surface area contributed by atoms with Gasteiger partial charge in [-0.15, -0.1) is 0 Å². The van der Waals surface area contributed by atoms with Gasteiger partial charge in [0, 0.05) is 74.6 Å². The number of imidazole rings is 1. The normalized spacial score (nSPS) is 20.8. The number of aromatic nitrogens is 4. The monoisotopic (exact) mass is 403 g/mol. The van der Waals surface area contributed by atoms with Crippen molar-refractivity contribution in [2.75, 3.05) is 13.1 Å². The van der Waals surface area contributed by atoms with Gasteiger partial charge in [0.2, 0.25) is 5.91 Å². The van der Waals surface area contributed by atoms with E-state index < -0.39 is 0 Å². The first-order valence-corrected chi connectivity index (χ1v) is 11.1. The molecule has 0 spiro atoms. The summed E-state index contributed by atoms with van der Waals surface area (Å²) < 4.78 is 4.50. The molecule has 0 radical (unpaired) electrons. The molecule has 0 saturated carbocycles. The summed E-state index contributed by atoms with van der Waals surface area (Å²) in [5, 5.41) is 1.18. The minimum absolute atomic E-state index is 0.242. The highest BCUT2D eigenvalue weighted by atomic mass is 16.2. The molecule has 2 atom stereocenters. The summed E-state index contributed by atoms with van der Waals surface area (Å²) in [5.74, 6) is 1.81. The number of amides is 1. The van der Waals surface area contributed by atoms with Gasteiger partial charge in [-0.3, -0.25) is 9.78 Å². The molecule has 4 heterocycles. The number of fused-ring (bicyclic) bond motifs is 3. The first kappa shape index (κ1) is 19.1. The molecule has 1 aliphatic heterocycles. The molecular weight excluding hydrogens is 374 g/mol. The zero-order valence-electron chi connectivity index (χ0n) is 17.8. The van der Waals surface area contributed by atoms with Crippen LogP contribution in [0, 0.1) is 5.92 Å². The fourth-order valence-electron chi connectivity index (χ4n) is 4.99. The lowest BCUT2D eigenvalue weighted by Crippen LogP contribution is -2.44. The Morgan fingerprint density at radius 2 is 2.17 bits per heavy atom.